The van der Waals surface area contributed by atoms with Crippen LogP contribution in [0.4, 0.5) is 0 Å². The van der Waals surface area contributed by atoms with Gasteiger partial charge in [0.25, 0.3) is 0 Å². The monoisotopic (exact) mass is 282 g/mol. The number of aliphatic carboxylic acids is 1. The predicted molar refractivity (Wildman–Crippen MR) is 71.9 cm³/mol. The quantitative estimate of drug-likeness (QED) is 0.608. The van der Waals surface area contributed by atoms with Gasteiger partial charge in [0.15, 0.2) is 0 Å². The highest BCUT2D eigenvalue weighted by Gasteiger charge is 2.54. The molecule has 20 heavy (non-hydrogen) atoms. The molecule has 1 aliphatic heterocycles. The Labute approximate surface area is 118 Å². The van der Waals surface area contributed by atoms with E-state index in [1.807, 2.05) is 6.92 Å². The third-order valence-corrected chi connectivity index (χ3v) is 4.93. The van der Waals surface area contributed by atoms with E-state index < -0.39 is 23.6 Å². The predicted octanol–water partition coefficient (Wildman–Crippen LogP) is 1.75. The molecule has 112 valence electrons. The Kier molecular flexibility index (Phi) is 3.91. The van der Waals surface area contributed by atoms with E-state index in [1.54, 1.807) is 6.92 Å². The molecule has 2 N–H and O–H groups in total. The Bertz CT molecular complexity index is 440. The van der Waals surface area contributed by atoms with Gasteiger partial charge in [0, 0.05) is 17.9 Å². The smallest absolute Gasteiger partial charge is 0.334 e. The van der Waals surface area contributed by atoms with Crippen LogP contribution in [0, 0.1) is 17.8 Å². The van der Waals surface area contributed by atoms with Crippen molar-refractivity contribution in [2.24, 2.45) is 17.8 Å². The largest absolute Gasteiger partial charge is 0.481 e. The van der Waals surface area contributed by atoms with Crippen LogP contribution in [0.2, 0.25) is 0 Å². The molecule has 2 rings (SSSR count). The number of hydrogen-bond acceptors (Lipinski definition) is 4. The highest BCUT2D eigenvalue weighted by atomic mass is 16.6. The molecular weight excluding hydrogens is 260 g/mol. The summed E-state index contributed by atoms with van der Waals surface area (Å²) < 4.78 is 5.32. The minimum Gasteiger partial charge on any atom is -0.481 e. The fourth-order valence-electron chi connectivity index (χ4n) is 3.75. The Morgan fingerprint density at radius 1 is 1.50 bits per heavy atom. The summed E-state index contributed by atoms with van der Waals surface area (Å²) >= 11 is 0. The number of carbonyl (C=O) groups is 2. The van der Waals surface area contributed by atoms with Crippen molar-refractivity contribution in [2.75, 3.05) is 0 Å². The summed E-state index contributed by atoms with van der Waals surface area (Å²) in [5, 5.41) is 19.8. The average Bonchev–Trinajstić information content (AvgIpc) is 2.58. The second-order valence-electron chi connectivity index (χ2n) is 6.28. The first kappa shape index (κ1) is 15.0. The lowest BCUT2D eigenvalue weighted by Gasteiger charge is -2.38. The summed E-state index contributed by atoms with van der Waals surface area (Å²) in [4.78, 5) is 22.5. The SMILES string of the molecule is C=C1C(=O)O[C@H]2[C@@H]1CC[C@@H](C)C(CCC(=O)O)C2(C)O. The number of carboxylic acids is 1. The highest BCUT2D eigenvalue weighted by molar-refractivity contribution is 5.91. The van der Waals surface area contributed by atoms with Crippen LogP contribution in [-0.4, -0.2) is 33.9 Å². The van der Waals surface area contributed by atoms with Crippen molar-refractivity contribution in [3.63, 3.8) is 0 Å². The van der Waals surface area contributed by atoms with Gasteiger partial charge < -0.3 is 14.9 Å². The standard InChI is InChI=1S/C15H22O5/c1-8-4-5-10-9(2)14(18)20-13(10)15(3,19)11(8)6-7-12(16)17/h8,10-11,13,19H,2,4-7H2,1,3H3,(H,16,17)/t8-,10-,11?,13+,15?/m1/s1. The fourth-order valence-corrected chi connectivity index (χ4v) is 3.75. The number of aliphatic hydroxyl groups is 1. The van der Waals surface area contributed by atoms with E-state index in [0.717, 1.165) is 12.8 Å². The molecule has 5 atom stereocenters. The molecule has 1 saturated heterocycles. The molecule has 2 fully saturated rings. The lowest BCUT2D eigenvalue weighted by Crippen LogP contribution is -2.49. The Morgan fingerprint density at radius 3 is 2.75 bits per heavy atom. The first-order valence-electron chi connectivity index (χ1n) is 7.09. The highest BCUT2D eigenvalue weighted by Crippen LogP contribution is 2.47. The number of hydrogen-bond donors (Lipinski definition) is 2. The van der Waals surface area contributed by atoms with Gasteiger partial charge in [-0.2, -0.15) is 0 Å². The Balaban J connectivity index is 2.26. The maximum Gasteiger partial charge on any atom is 0.334 e. The normalized spacial score (nSPS) is 41.0. The number of fused-ring (bicyclic) bond motifs is 1. The Hall–Kier alpha value is -1.36. The molecule has 0 spiro atoms. The van der Waals surface area contributed by atoms with Crippen molar-refractivity contribution < 1.29 is 24.5 Å². The molecule has 1 saturated carbocycles. The van der Waals surface area contributed by atoms with Gasteiger partial charge in [0.05, 0.1) is 0 Å². The molecule has 0 amide bonds. The second kappa shape index (κ2) is 5.20. The summed E-state index contributed by atoms with van der Waals surface area (Å²) in [6, 6.07) is 0. The van der Waals surface area contributed by atoms with Crippen LogP contribution in [0.3, 0.4) is 0 Å². The van der Waals surface area contributed by atoms with Gasteiger partial charge in [-0.05, 0) is 38.0 Å². The summed E-state index contributed by atoms with van der Waals surface area (Å²) in [6.45, 7) is 7.45. The van der Waals surface area contributed by atoms with Crippen molar-refractivity contribution >= 4 is 11.9 Å². The molecule has 1 aliphatic carbocycles. The third kappa shape index (κ3) is 2.46. The molecule has 1 heterocycles. The summed E-state index contributed by atoms with van der Waals surface area (Å²) in [5.74, 6) is -1.49. The van der Waals surface area contributed by atoms with Crippen LogP contribution >= 0.6 is 0 Å². The van der Waals surface area contributed by atoms with Crippen LogP contribution in [0.5, 0.6) is 0 Å². The zero-order chi connectivity index (χ0) is 15.1. The zero-order valence-corrected chi connectivity index (χ0v) is 12.0. The molecule has 0 radical (unpaired) electrons. The first-order valence-corrected chi connectivity index (χ1v) is 7.09. The maximum absolute atomic E-state index is 11.7. The van der Waals surface area contributed by atoms with E-state index in [9.17, 15) is 14.7 Å². The number of carboxylic acid groups (broad SMARTS) is 1. The molecular formula is C15H22O5. The molecule has 5 nitrogen and oxygen atoms in total. The average molecular weight is 282 g/mol. The number of ether oxygens (including phenoxy) is 1. The van der Waals surface area contributed by atoms with E-state index >= 15 is 0 Å². The minimum atomic E-state index is -1.22. The van der Waals surface area contributed by atoms with Crippen molar-refractivity contribution in [3.8, 4) is 0 Å². The summed E-state index contributed by atoms with van der Waals surface area (Å²) in [6.07, 6.45) is 1.37. The third-order valence-electron chi connectivity index (χ3n) is 4.93. The van der Waals surface area contributed by atoms with Gasteiger partial charge in [-0.3, -0.25) is 4.79 Å². The van der Waals surface area contributed by atoms with Gasteiger partial charge in [-0.1, -0.05) is 13.5 Å². The zero-order valence-electron chi connectivity index (χ0n) is 12.0. The van der Waals surface area contributed by atoms with E-state index in [-0.39, 0.29) is 24.2 Å². The molecule has 0 aromatic rings. The van der Waals surface area contributed by atoms with Crippen LogP contribution in [0.1, 0.15) is 39.5 Å². The van der Waals surface area contributed by atoms with Crippen LogP contribution in [0.25, 0.3) is 0 Å². The molecule has 5 heteroatoms. The molecule has 0 aromatic heterocycles. The van der Waals surface area contributed by atoms with Crippen LogP contribution in [-0.2, 0) is 14.3 Å². The maximum atomic E-state index is 11.7. The van der Waals surface area contributed by atoms with Gasteiger partial charge in [0.1, 0.15) is 11.7 Å². The van der Waals surface area contributed by atoms with Gasteiger partial charge >= 0.3 is 11.9 Å². The van der Waals surface area contributed by atoms with Crippen molar-refractivity contribution in [3.05, 3.63) is 12.2 Å². The number of carbonyl (C=O) groups excluding carboxylic acids is 1. The second-order valence-corrected chi connectivity index (χ2v) is 6.28. The molecule has 2 unspecified atom stereocenters. The first-order chi connectivity index (χ1) is 9.25. The summed E-state index contributed by atoms with van der Waals surface area (Å²) in [7, 11) is 0. The minimum absolute atomic E-state index is 0.0113. The van der Waals surface area contributed by atoms with E-state index in [0.29, 0.717) is 12.0 Å². The summed E-state index contributed by atoms with van der Waals surface area (Å²) in [5.41, 5.74) is -0.785. The van der Waals surface area contributed by atoms with Crippen molar-refractivity contribution in [1.29, 1.82) is 0 Å². The molecule has 0 bridgehead atoms. The molecule has 0 aromatic carbocycles. The molecule has 2 aliphatic rings. The van der Waals surface area contributed by atoms with Crippen LogP contribution < -0.4 is 0 Å². The van der Waals surface area contributed by atoms with E-state index in [1.165, 1.54) is 0 Å². The lowest BCUT2D eigenvalue weighted by atomic mass is 9.74. The van der Waals surface area contributed by atoms with Crippen LogP contribution in [0.15, 0.2) is 12.2 Å². The van der Waals surface area contributed by atoms with E-state index in [2.05, 4.69) is 6.58 Å². The topological polar surface area (TPSA) is 83.8 Å². The van der Waals surface area contributed by atoms with Crippen molar-refractivity contribution in [2.45, 2.75) is 51.2 Å². The van der Waals surface area contributed by atoms with Gasteiger partial charge in [0.2, 0.25) is 0 Å². The number of esters is 1. The fraction of sp³-hybridized carbons (Fsp3) is 0.733. The van der Waals surface area contributed by atoms with Gasteiger partial charge in [-0.25, -0.2) is 4.79 Å². The lowest BCUT2D eigenvalue weighted by molar-refractivity contribution is -0.162. The van der Waals surface area contributed by atoms with Crippen molar-refractivity contribution in [1.82, 2.24) is 0 Å². The van der Waals surface area contributed by atoms with Gasteiger partial charge in [-0.15, -0.1) is 0 Å². The Morgan fingerprint density at radius 2 is 2.15 bits per heavy atom. The number of rotatable bonds is 3. The van der Waals surface area contributed by atoms with E-state index in [4.69, 9.17) is 9.84 Å².